The Kier molecular flexibility index (Phi) is 6.50. The van der Waals surface area contributed by atoms with Crippen molar-refractivity contribution in [3.8, 4) is 17.2 Å². The van der Waals surface area contributed by atoms with Crippen LogP contribution in [-0.2, 0) is 23.0 Å². The molecule has 0 amide bonds. The minimum absolute atomic E-state index is 0.175. The van der Waals surface area contributed by atoms with Crippen LogP contribution in [0.5, 0.6) is 17.2 Å². The van der Waals surface area contributed by atoms with E-state index in [0.29, 0.717) is 17.2 Å². The molecule has 0 N–H and O–H groups in total. The van der Waals surface area contributed by atoms with E-state index in [1.54, 1.807) is 31.3 Å². The van der Waals surface area contributed by atoms with Gasteiger partial charge in [-0.25, -0.2) is 8.42 Å². The summed E-state index contributed by atoms with van der Waals surface area (Å²) in [5, 5.41) is 0. The number of benzene rings is 2. The van der Waals surface area contributed by atoms with Crippen LogP contribution < -0.4 is 14.2 Å². The third-order valence-electron chi connectivity index (χ3n) is 4.17. The molecule has 0 aromatic heterocycles. The molecule has 0 spiro atoms. The topological polar surface area (TPSA) is 65.1 Å². The molecule has 0 radical (unpaired) electrons. The van der Waals surface area contributed by atoms with Crippen LogP contribution >= 0.6 is 0 Å². The van der Waals surface area contributed by atoms with Crippen molar-refractivity contribution in [1.29, 1.82) is 0 Å². The van der Waals surface area contributed by atoms with Gasteiger partial charge in [-0.3, -0.25) is 0 Å². The van der Waals surface area contributed by atoms with Gasteiger partial charge in [0.25, 0.3) is 0 Å². The summed E-state index contributed by atoms with van der Waals surface area (Å²) in [5.41, 5.74) is 1.83. The van der Waals surface area contributed by atoms with Crippen molar-refractivity contribution in [2.45, 2.75) is 24.8 Å². The smallest absolute Gasteiger partial charge is 0.243 e. The van der Waals surface area contributed by atoms with Crippen LogP contribution in [0.15, 0.2) is 41.3 Å². The number of hydrogen-bond acceptors (Lipinski definition) is 5. The first-order valence-corrected chi connectivity index (χ1v) is 9.65. The molecule has 0 aliphatic rings. The number of methoxy groups -OCH3 is 3. The second-order valence-corrected chi connectivity index (χ2v) is 7.84. The zero-order valence-corrected chi connectivity index (χ0v) is 16.6. The third kappa shape index (κ3) is 4.11. The van der Waals surface area contributed by atoms with Gasteiger partial charge in [0.1, 0.15) is 0 Å². The molecule has 0 saturated heterocycles. The minimum Gasteiger partial charge on any atom is -0.493 e. The largest absolute Gasteiger partial charge is 0.493 e. The molecule has 0 aliphatic carbocycles. The maximum Gasteiger partial charge on any atom is 0.243 e. The summed E-state index contributed by atoms with van der Waals surface area (Å²) in [6.45, 7) is 2.20. The number of hydrogen-bond donors (Lipinski definition) is 0. The summed E-state index contributed by atoms with van der Waals surface area (Å²) < 4.78 is 42.9. The van der Waals surface area contributed by atoms with E-state index in [2.05, 4.69) is 0 Å². The van der Waals surface area contributed by atoms with E-state index in [4.69, 9.17) is 14.2 Å². The van der Waals surface area contributed by atoms with Gasteiger partial charge in [-0.1, -0.05) is 19.1 Å². The van der Waals surface area contributed by atoms with E-state index in [0.717, 1.165) is 17.5 Å². The predicted octanol–water partition coefficient (Wildman–Crippen LogP) is 3.10. The Morgan fingerprint density at radius 3 is 1.85 bits per heavy atom. The molecule has 2 aromatic carbocycles. The minimum atomic E-state index is -3.60. The van der Waals surface area contributed by atoms with Crippen LogP contribution in [0.2, 0.25) is 0 Å². The lowest BCUT2D eigenvalue weighted by Crippen LogP contribution is -2.26. The average Bonchev–Trinajstić information content (AvgIpc) is 2.66. The predicted molar refractivity (Wildman–Crippen MR) is 101 cm³/mol. The van der Waals surface area contributed by atoms with Crippen LogP contribution in [0.25, 0.3) is 0 Å². The second-order valence-electron chi connectivity index (χ2n) is 5.79. The Balaban J connectivity index is 2.31. The van der Waals surface area contributed by atoms with E-state index < -0.39 is 10.0 Å². The zero-order valence-electron chi connectivity index (χ0n) is 15.8. The fourth-order valence-electron chi connectivity index (χ4n) is 2.65. The molecule has 26 heavy (non-hydrogen) atoms. The highest BCUT2D eigenvalue weighted by Crippen LogP contribution is 2.38. The van der Waals surface area contributed by atoms with Crippen LogP contribution in [0.1, 0.15) is 18.1 Å². The molecule has 2 rings (SSSR count). The summed E-state index contributed by atoms with van der Waals surface area (Å²) in [7, 11) is 2.52. The SMILES string of the molecule is CCc1ccc(S(=O)(=O)N(C)Cc2cc(OC)c(OC)c(OC)c2)cc1. The Morgan fingerprint density at radius 2 is 1.42 bits per heavy atom. The average molecular weight is 379 g/mol. The molecular formula is C19H25NO5S. The van der Waals surface area contributed by atoms with Crippen molar-refractivity contribution in [3.63, 3.8) is 0 Å². The fraction of sp³-hybridized carbons (Fsp3) is 0.368. The molecule has 2 aromatic rings. The quantitative estimate of drug-likeness (QED) is 0.705. The van der Waals surface area contributed by atoms with E-state index in [1.807, 2.05) is 19.1 Å². The highest BCUT2D eigenvalue weighted by molar-refractivity contribution is 7.89. The Bertz CT molecular complexity index is 822. The number of sulfonamides is 1. The Morgan fingerprint density at radius 1 is 0.885 bits per heavy atom. The molecule has 0 saturated carbocycles. The summed E-state index contributed by atoms with van der Waals surface area (Å²) in [4.78, 5) is 0.268. The second kappa shape index (κ2) is 8.42. The highest BCUT2D eigenvalue weighted by atomic mass is 32.2. The van der Waals surface area contributed by atoms with Crippen molar-refractivity contribution in [2.75, 3.05) is 28.4 Å². The van der Waals surface area contributed by atoms with E-state index in [1.165, 1.54) is 25.6 Å². The molecule has 6 nitrogen and oxygen atoms in total. The van der Waals surface area contributed by atoms with E-state index in [9.17, 15) is 8.42 Å². The third-order valence-corrected chi connectivity index (χ3v) is 5.99. The van der Waals surface area contributed by atoms with Gasteiger partial charge >= 0.3 is 0 Å². The van der Waals surface area contributed by atoms with Crippen LogP contribution in [-0.4, -0.2) is 41.1 Å². The molecule has 0 aliphatic heterocycles. The molecule has 142 valence electrons. The fourth-order valence-corrected chi connectivity index (χ4v) is 3.80. The Hall–Kier alpha value is -2.25. The summed E-state index contributed by atoms with van der Waals surface area (Å²) in [5.74, 6) is 1.44. The highest BCUT2D eigenvalue weighted by Gasteiger charge is 2.22. The van der Waals surface area contributed by atoms with Gasteiger partial charge in [0, 0.05) is 13.6 Å². The van der Waals surface area contributed by atoms with Crippen molar-refractivity contribution in [3.05, 3.63) is 47.5 Å². The first-order chi connectivity index (χ1) is 12.4. The van der Waals surface area contributed by atoms with Crippen molar-refractivity contribution >= 4 is 10.0 Å². The summed E-state index contributed by atoms with van der Waals surface area (Å²) in [6, 6.07) is 10.4. The standard InChI is InChI=1S/C19H25NO5S/c1-6-14-7-9-16(10-8-14)26(21,22)20(2)13-15-11-17(23-3)19(25-5)18(12-15)24-4/h7-12H,6,13H2,1-5H3. The van der Waals surface area contributed by atoms with Crippen molar-refractivity contribution < 1.29 is 22.6 Å². The van der Waals surface area contributed by atoms with Crippen molar-refractivity contribution in [1.82, 2.24) is 4.31 Å². The summed E-state index contributed by atoms with van der Waals surface area (Å²) in [6.07, 6.45) is 0.863. The van der Waals surface area contributed by atoms with Gasteiger partial charge < -0.3 is 14.2 Å². The van der Waals surface area contributed by atoms with Crippen LogP contribution in [0.3, 0.4) is 0 Å². The number of aryl methyl sites for hydroxylation is 1. The Labute approximate surface area is 155 Å². The molecule has 0 atom stereocenters. The number of rotatable bonds is 8. The first kappa shape index (κ1) is 20.1. The maximum absolute atomic E-state index is 12.8. The first-order valence-electron chi connectivity index (χ1n) is 8.21. The summed E-state index contributed by atoms with van der Waals surface area (Å²) >= 11 is 0. The van der Waals surface area contributed by atoms with Gasteiger partial charge in [0.2, 0.25) is 15.8 Å². The molecule has 7 heteroatoms. The zero-order chi connectivity index (χ0) is 19.3. The van der Waals surface area contributed by atoms with Gasteiger partial charge in [0.05, 0.1) is 26.2 Å². The van der Waals surface area contributed by atoms with Gasteiger partial charge in [0.15, 0.2) is 11.5 Å². The van der Waals surface area contributed by atoms with Crippen LogP contribution in [0, 0.1) is 0 Å². The number of ether oxygens (including phenoxy) is 3. The van der Waals surface area contributed by atoms with E-state index in [-0.39, 0.29) is 11.4 Å². The molecule has 0 fully saturated rings. The molecular weight excluding hydrogens is 354 g/mol. The maximum atomic E-state index is 12.8. The molecule has 0 heterocycles. The van der Waals surface area contributed by atoms with Crippen molar-refractivity contribution in [2.24, 2.45) is 0 Å². The van der Waals surface area contributed by atoms with Gasteiger partial charge in [-0.15, -0.1) is 0 Å². The van der Waals surface area contributed by atoms with Crippen LogP contribution in [0.4, 0.5) is 0 Å². The van der Waals surface area contributed by atoms with Gasteiger partial charge in [-0.05, 0) is 41.8 Å². The molecule has 0 unspecified atom stereocenters. The van der Waals surface area contributed by atoms with E-state index >= 15 is 0 Å². The lowest BCUT2D eigenvalue weighted by atomic mass is 10.2. The van der Waals surface area contributed by atoms with Gasteiger partial charge in [-0.2, -0.15) is 4.31 Å². The number of nitrogens with zero attached hydrogens (tertiary/aromatic N) is 1. The lowest BCUT2D eigenvalue weighted by Gasteiger charge is -2.19. The lowest BCUT2D eigenvalue weighted by molar-refractivity contribution is 0.323. The normalized spacial score (nSPS) is 11.5. The monoisotopic (exact) mass is 379 g/mol. The molecule has 0 bridgehead atoms.